The van der Waals surface area contributed by atoms with E-state index in [2.05, 4.69) is 25.6 Å². The zero-order chi connectivity index (χ0) is 29.2. The molecule has 0 bridgehead atoms. The average molecular weight is 564 g/mol. The van der Waals surface area contributed by atoms with Crippen LogP contribution in [0.2, 0.25) is 5.15 Å². The van der Waals surface area contributed by atoms with Gasteiger partial charge in [0, 0.05) is 6.54 Å². The summed E-state index contributed by atoms with van der Waals surface area (Å²) in [4.78, 5) is 47.5. The summed E-state index contributed by atoms with van der Waals surface area (Å²) >= 11 is 5.78. The number of nitrogens with one attached hydrogen (secondary N) is 2. The molecule has 0 spiro atoms. The fourth-order valence-electron chi connectivity index (χ4n) is 3.04. The normalized spacial score (nSPS) is 12.4. The summed E-state index contributed by atoms with van der Waals surface area (Å²) in [5.41, 5.74) is 22.4. The van der Waals surface area contributed by atoms with E-state index in [0.717, 1.165) is 18.4 Å². The molecule has 1 aromatic heterocycles. The maximum atomic E-state index is 12.2. The van der Waals surface area contributed by atoms with Gasteiger partial charge in [-0.3, -0.25) is 19.9 Å². The summed E-state index contributed by atoms with van der Waals surface area (Å²) in [7, 11) is 0. The number of aliphatic imine (C=N–C) groups is 1. The number of nitrogens with two attached hydrogens (primary N) is 4. The Labute approximate surface area is 230 Å². The van der Waals surface area contributed by atoms with Crippen LogP contribution in [0, 0.1) is 0 Å². The van der Waals surface area contributed by atoms with E-state index in [4.69, 9.17) is 44.0 Å². The Bertz CT molecular complexity index is 1200. The number of carbonyl (C=O) groups is 3. The smallest absolute Gasteiger partial charge is 0.408 e. The number of hydrogen-bond acceptors (Lipinski definition) is 10. The summed E-state index contributed by atoms with van der Waals surface area (Å²) in [5, 5.41) is 4.64. The number of aromatic nitrogens is 2. The number of carbonyl (C=O) groups excluding carboxylic acids is 3. The van der Waals surface area contributed by atoms with Crippen LogP contribution in [0.3, 0.4) is 0 Å². The van der Waals surface area contributed by atoms with Gasteiger partial charge in [0.15, 0.2) is 28.4 Å². The first-order chi connectivity index (χ1) is 18.2. The monoisotopic (exact) mass is 563 g/mol. The Kier molecular flexibility index (Phi) is 11.1. The van der Waals surface area contributed by atoms with Crippen molar-refractivity contribution >= 4 is 47.1 Å². The van der Waals surface area contributed by atoms with Crippen LogP contribution in [-0.2, 0) is 16.0 Å². The number of anilines is 2. The second-order valence-electron chi connectivity index (χ2n) is 9.37. The van der Waals surface area contributed by atoms with E-state index >= 15 is 0 Å². The van der Waals surface area contributed by atoms with Gasteiger partial charge in [-0.05, 0) is 57.7 Å². The van der Waals surface area contributed by atoms with Gasteiger partial charge < -0.3 is 37.7 Å². The van der Waals surface area contributed by atoms with Gasteiger partial charge >= 0.3 is 6.09 Å². The lowest BCUT2D eigenvalue weighted by Crippen LogP contribution is -2.49. The highest BCUT2D eigenvalue weighted by atomic mass is 35.5. The molecular weight excluding hydrogens is 530 g/mol. The third kappa shape index (κ3) is 10.9. The number of alkyl carbamates (subject to hydrolysis) is 1. The first-order valence-electron chi connectivity index (χ1n) is 12.0. The van der Waals surface area contributed by atoms with E-state index in [0.29, 0.717) is 18.7 Å². The number of nitrogens with zero attached hydrogens (tertiary/aromatic N) is 3. The van der Waals surface area contributed by atoms with Crippen molar-refractivity contribution in [2.45, 2.75) is 51.7 Å². The topological polar surface area (TPSA) is 236 Å². The molecule has 39 heavy (non-hydrogen) atoms. The highest BCUT2D eigenvalue weighted by molar-refractivity contribution is 6.31. The van der Waals surface area contributed by atoms with Crippen LogP contribution in [0.4, 0.5) is 16.4 Å². The van der Waals surface area contributed by atoms with Crippen molar-refractivity contribution in [3.8, 4) is 5.75 Å². The Morgan fingerprint density at radius 1 is 1.05 bits per heavy atom. The molecule has 0 aliphatic heterocycles. The lowest BCUT2D eigenvalue weighted by Gasteiger charge is -2.22. The Balaban J connectivity index is 1.75. The van der Waals surface area contributed by atoms with Crippen molar-refractivity contribution in [1.29, 1.82) is 0 Å². The van der Waals surface area contributed by atoms with Crippen molar-refractivity contribution in [2.75, 3.05) is 24.6 Å². The molecule has 0 aliphatic carbocycles. The molecule has 1 aromatic carbocycles. The number of guanidine groups is 1. The molecule has 10 N–H and O–H groups in total. The van der Waals surface area contributed by atoms with Crippen LogP contribution in [0.1, 0.15) is 49.7 Å². The second-order valence-corrected chi connectivity index (χ2v) is 9.73. The molecule has 0 saturated carbocycles. The summed E-state index contributed by atoms with van der Waals surface area (Å²) < 4.78 is 10.7. The first kappa shape index (κ1) is 30.9. The van der Waals surface area contributed by atoms with Gasteiger partial charge in [0.1, 0.15) is 24.0 Å². The van der Waals surface area contributed by atoms with E-state index in [1.165, 1.54) is 0 Å². The molecule has 0 aliphatic rings. The summed E-state index contributed by atoms with van der Waals surface area (Å²) in [5.74, 6) is -1.29. The zero-order valence-corrected chi connectivity index (χ0v) is 22.7. The minimum absolute atomic E-state index is 0.0844. The molecule has 0 unspecified atom stereocenters. The fraction of sp³-hybridized carbons (Fsp3) is 0.417. The molecule has 0 radical (unpaired) electrons. The zero-order valence-electron chi connectivity index (χ0n) is 22.0. The Hall–Kier alpha value is -4.33. The van der Waals surface area contributed by atoms with Crippen molar-refractivity contribution in [3.05, 3.63) is 40.7 Å². The third-order valence-electron chi connectivity index (χ3n) is 4.89. The van der Waals surface area contributed by atoms with Crippen LogP contribution >= 0.6 is 11.6 Å². The highest BCUT2D eigenvalue weighted by Crippen LogP contribution is 2.17. The van der Waals surface area contributed by atoms with Gasteiger partial charge in [-0.15, -0.1) is 0 Å². The maximum absolute atomic E-state index is 12.2. The van der Waals surface area contributed by atoms with Crippen molar-refractivity contribution in [1.82, 2.24) is 20.6 Å². The number of unbranched alkanes of at least 4 members (excludes halogenated alkanes) is 1. The van der Waals surface area contributed by atoms with E-state index in [-0.39, 0.29) is 35.0 Å². The van der Waals surface area contributed by atoms with Crippen LogP contribution in [-0.4, -0.2) is 58.6 Å². The minimum Gasteiger partial charge on any atom is -0.491 e. The molecule has 1 atom stereocenters. The number of amides is 3. The van der Waals surface area contributed by atoms with E-state index in [1.807, 2.05) is 12.1 Å². The molecule has 14 nitrogen and oxygen atoms in total. The first-order valence-corrected chi connectivity index (χ1v) is 12.3. The van der Waals surface area contributed by atoms with Crippen molar-refractivity contribution in [3.63, 3.8) is 0 Å². The van der Waals surface area contributed by atoms with Gasteiger partial charge in [0.25, 0.3) is 5.91 Å². The lowest BCUT2D eigenvalue weighted by molar-refractivity contribution is -0.120. The molecular formula is C24H34ClN9O5. The highest BCUT2D eigenvalue weighted by Gasteiger charge is 2.23. The number of aryl methyl sites for hydroxylation is 1. The van der Waals surface area contributed by atoms with Crippen molar-refractivity contribution in [2.24, 2.45) is 16.5 Å². The number of benzene rings is 1. The van der Waals surface area contributed by atoms with Gasteiger partial charge in [0.05, 0.1) is 0 Å². The van der Waals surface area contributed by atoms with Gasteiger partial charge in [-0.1, -0.05) is 23.7 Å². The van der Waals surface area contributed by atoms with Crippen LogP contribution in [0.5, 0.6) is 5.75 Å². The molecule has 3 amide bonds. The number of hydrogen-bond donors (Lipinski definition) is 6. The number of halogens is 1. The van der Waals surface area contributed by atoms with Crippen LogP contribution in [0.25, 0.3) is 0 Å². The number of rotatable bonds is 11. The predicted molar refractivity (Wildman–Crippen MR) is 147 cm³/mol. The number of nitrogen functional groups attached to an aromatic ring is 2. The average Bonchev–Trinajstić information content (AvgIpc) is 2.83. The molecule has 15 heteroatoms. The Morgan fingerprint density at radius 3 is 2.33 bits per heavy atom. The lowest BCUT2D eigenvalue weighted by atomic mass is 10.1. The van der Waals surface area contributed by atoms with Crippen LogP contribution < -0.4 is 38.3 Å². The number of primary amides is 1. The minimum atomic E-state index is -1.05. The molecule has 2 rings (SSSR count). The van der Waals surface area contributed by atoms with Gasteiger partial charge in [-0.2, -0.15) is 0 Å². The van der Waals surface area contributed by atoms with E-state index < -0.39 is 29.6 Å². The van der Waals surface area contributed by atoms with Gasteiger partial charge in [-0.25, -0.2) is 14.8 Å². The SMILES string of the molecule is CC(C)(C)OC(=O)N[C@H](COc1ccc(CCCCN=C(N)NC(=O)c2nc(Cl)c(N)nc2N)cc1)C(N)=O. The molecule has 0 fully saturated rings. The van der Waals surface area contributed by atoms with Crippen molar-refractivity contribution < 1.29 is 23.9 Å². The molecule has 1 heterocycles. The van der Waals surface area contributed by atoms with Gasteiger partial charge in [0.2, 0.25) is 5.91 Å². The maximum Gasteiger partial charge on any atom is 0.408 e. The predicted octanol–water partition coefficient (Wildman–Crippen LogP) is 1.12. The largest absolute Gasteiger partial charge is 0.491 e. The molecule has 2 aromatic rings. The molecule has 0 saturated heterocycles. The quantitative estimate of drug-likeness (QED) is 0.129. The van der Waals surface area contributed by atoms with Crippen LogP contribution in [0.15, 0.2) is 29.3 Å². The van der Waals surface area contributed by atoms with E-state index in [9.17, 15) is 14.4 Å². The summed E-state index contributed by atoms with van der Waals surface area (Å²) in [6, 6.07) is 6.23. The summed E-state index contributed by atoms with van der Waals surface area (Å²) in [6.45, 7) is 5.37. The second kappa shape index (κ2) is 14.0. The fourth-order valence-corrected chi connectivity index (χ4v) is 3.17. The Morgan fingerprint density at radius 2 is 1.72 bits per heavy atom. The third-order valence-corrected chi connectivity index (χ3v) is 5.17. The van der Waals surface area contributed by atoms with E-state index in [1.54, 1.807) is 32.9 Å². The summed E-state index contributed by atoms with van der Waals surface area (Å²) in [6.07, 6.45) is 1.52. The molecule has 212 valence electrons. The number of ether oxygens (including phenoxy) is 2. The standard InChI is InChI=1S/C24H34ClN9O5/c1-24(2,3)39-23(37)31-15(20(28)35)12-38-14-9-7-13(8-10-14)6-4-5-11-30-22(29)34-21(36)16-18(26)33-19(27)17(25)32-16/h7-10,15H,4-6,11-12H2,1-3H3,(H2,28,35)(H,31,37)(H4,26,27,33)(H3,29,30,34,36)/t15-/m1/s1.